The van der Waals surface area contributed by atoms with Gasteiger partial charge in [-0.1, -0.05) is 5.16 Å². The van der Waals surface area contributed by atoms with Gasteiger partial charge in [0.25, 0.3) is 11.8 Å². The van der Waals surface area contributed by atoms with Crippen LogP contribution < -0.4 is 4.74 Å². The predicted octanol–water partition coefficient (Wildman–Crippen LogP) is 4.67. The molecular weight excluding hydrogens is 969 g/mol. The first kappa shape index (κ1) is 52.0. The number of carbonyl (C=O) groups is 5. The molecule has 0 amide bonds. The van der Waals surface area contributed by atoms with Gasteiger partial charge in [-0.2, -0.15) is 0 Å². The number of hydrogen-bond donors (Lipinski definition) is 0. The molecule has 0 aliphatic rings. The number of aldehydes is 5. The molecule has 0 aliphatic carbocycles. The zero-order valence-electron chi connectivity index (χ0n) is 40.7. The second-order valence-corrected chi connectivity index (χ2v) is 15.4. The van der Waals surface area contributed by atoms with Crippen molar-refractivity contribution in [2.45, 2.75) is 34.6 Å². The highest BCUT2D eigenvalue weighted by Crippen LogP contribution is 2.25. The molecule has 0 unspecified atom stereocenters. The van der Waals surface area contributed by atoms with Gasteiger partial charge in [-0.15, -0.1) is 20.4 Å². The SMILES string of the molecule is COc1nc(C=O)cnc1-n1cnc(C)c1.Cc1cn(-c2ccc(C=O)c3cnoc23)cn1.Cc1cn(-c2ccc(C=O)nn2)cn1.Cc1cn(-c2cnc(C=O)cn2)cn1.Cc1cn(-c2ncc(C=O)nn2)cn1. The number of ether oxygens (including phenoxy) is 1. The number of carbonyl (C=O) groups excluding carboxylic acids is 5. The molecule has 0 atom stereocenters. The molecule has 0 radical (unpaired) electrons. The quantitative estimate of drug-likeness (QED) is 0.159. The van der Waals surface area contributed by atoms with Gasteiger partial charge < -0.3 is 13.8 Å². The van der Waals surface area contributed by atoms with Crippen molar-refractivity contribution >= 4 is 42.4 Å². The monoisotopic (exact) mass is 1010 g/mol. The van der Waals surface area contributed by atoms with E-state index >= 15 is 0 Å². The number of aryl methyl sites for hydroxylation is 5. The molecule has 376 valence electrons. The minimum Gasteiger partial charge on any atom is -0.478 e. The first-order valence-electron chi connectivity index (χ1n) is 21.9. The fourth-order valence-electron chi connectivity index (χ4n) is 6.25. The Hall–Kier alpha value is -10.9. The summed E-state index contributed by atoms with van der Waals surface area (Å²) in [5, 5.41) is 19.5. The third-order valence-corrected chi connectivity index (χ3v) is 9.82. The first-order chi connectivity index (χ1) is 36.4. The summed E-state index contributed by atoms with van der Waals surface area (Å²) in [6.45, 7) is 9.43. The van der Waals surface area contributed by atoms with E-state index in [0.29, 0.717) is 82.3 Å². The number of imidazole rings is 5. The maximum absolute atomic E-state index is 10.9. The Balaban J connectivity index is 0.000000137. The first-order valence-corrected chi connectivity index (χ1v) is 21.9. The average molecular weight is 1010 g/mol. The van der Waals surface area contributed by atoms with Gasteiger partial charge in [-0.25, -0.2) is 49.8 Å². The summed E-state index contributed by atoms with van der Waals surface area (Å²) in [6, 6.07) is 6.90. The van der Waals surface area contributed by atoms with Gasteiger partial charge in [0.15, 0.2) is 48.6 Å². The third kappa shape index (κ3) is 13.5. The fraction of sp³-hybridized carbons (Fsp3) is 0.125. The van der Waals surface area contributed by atoms with E-state index in [2.05, 4.69) is 75.4 Å². The van der Waals surface area contributed by atoms with E-state index in [-0.39, 0.29) is 11.4 Å². The van der Waals surface area contributed by atoms with Crippen LogP contribution in [0.15, 0.2) is 122 Å². The van der Waals surface area contributed by atoms with Crippen LogP contribution in [0.25, 0.3) is 40.1 Å². The molecule has 0 saturated carbocycles. The Bertz CT molecular complexity index is 3460. The molecule has 27 nitrogen and oxygen atoms in total. The lowest BCUT2D eigenvalue weighted by Gasteiger charge is -2.06. The highest BCUT2D eigenvalue weighted by atomic mass is 16.5. The summed E-state index contributed by atoms with van der Waals surface area (Å²) in [5.74, 6) is 2.50. The van der Waals surface area contributed by atoms with Crippen LogP contribution in [0.4, 0.5) is 0 Å². The van der Waals surface area contributed by atoms with E-state index in [4.69, 9.17) is 9.26 Å². The normalized spacial score (nSPS) is 10.3. The van der Waals surface area contributed by atoms with Crippen LogP contribution in [0.3, 0.4) is 0 Å². The zero-order valence-corrected chi connectivity index (χ0v) is 40.7. The molecule has 11 rings (SSSR count). The van der Waals surface area contributed by atoms with Crippen LogP contribution in [-0.4, -0.2) is 137 Å². The summed E-state index contributed by atoms with van der Waals surface area (Å²) in [7, 11) is 1.48. The summed E-state index contributed by atoms with van der Waals surface area (Å²) in [6.07, 6.45) is 28.0. The zero-order chi connectivity index (χ0) is 53.3. The third-order valence-electron chi connectivity index (χ3n) is 9.82. The Morgan fingerprint density at radius 2 is 1.00 bits per heavy atom. The molecule has 11 aromatic rings. The maximum Gasteiger partial charge on any atom is 0.258 e. The van der Waals surface area contributed by atoms with Crippen molar-refractivity contribution in [1.29, 1.82) is 0 Å². The molecule has 10 aromatic heterocycles. The molecular formula is C48H42N20O7. The van der Waals surface area contributed by atoms with E-state index in [1.807, 2.05) is 63.8 Å². The van der Waals surface area contributed by atoms with Crippen LogP contribution in [0.5, 0.6) is 5.88 Å². The summed E-state index contributed by atoms with van der Waals surface area (Å²) >= 11 is 0. The average Bonchev–Trinajstić information content (AvgIpc) is 4.34. The summed E-state index contributed by atoms with van der Waals surface area (Å²) in [5.41, 5.74) is 7.54. The van der Waals surface area contributed by atoms with Gasteiger partial charge in [0.2, 0.25) is 5.82 Å². The van der Waals surface area contributed by atoms with Crippen molar-refractivity contribution in [2.24, 2.45) is 0 Å². The molecule has 0 N–H and O–H groups in total. The molecule has 1 aromatic carbocycles. The number of nitrogens with zero attached hydrogens (tertiary/aromatic N) is 20. The Morgan fingerprint density at radius 1 is 0.453 bits per heavy atom. The van der Waals surface area contributed by atoms with Crippen molar-refractivity contribution in [3.63, 3.8) is 0 Å². The molecule has 10 heterocycles. The van der Waals surface area contributed by atoms with Crippen LogP contribution in [0.2, 0.25) is 0 Å². The Kier molecular flexibility index (Phi) is 17.2. The van der Waals surface area contributed by atoms with Crippen molar-refractivity contribution in [1.82, 2.24) is 98.2 Å². The molecule has 0 saturated heterocycles. The number of benzene rings is 1. The highest BCUT2D eigenvalue weighted by molar-refractivity contribution is 5.98. The van der Waals surface area contributed by atoms with E-state index in [0.717, 1.165) is 40.4 Å². The standard InChI is InChI=1S/C12H9N3O2.C10H10N4O2.2C9H8N4O.C8H7N5O/c1-8-5-15(7-13-8)11-3-2-9(6-16)10-4-14-17-12(10)11;1-7-4-14(6-12-7)9-10(16-2)13-8(5-15)3-11-9;1-7-4-13(6-12-7)9-3-10-8(5-14)2-11-9;1-7-4-13(6-10-7)9-3-2-8(5-14)11-12-9;1-6-3-13(5-10-6)8-9-2-7(4-14)11-12-8/h2-7H,1H3;3-6H,1-2H3;2*2-6H,1H3;2-5H,1H3. The number of aromatic nitrogens is 20. The second kappa shape index (κ2) is 24.8. The largest absolute Gasteiger partial charge is 0.478 e. The topological polar surface area (TPSA) is 326 Å². The van der Waals surface area contributed by atoms with Crippen molar-refractivity contribution in [3.8, 4) is 35.0 Å². The Morgan fingerprint density at radius 3 is 1.49 bits per heavy atom. The van der Waals surface area contributed by atoms with Crippen LogP contribution in [0, 0.1) is 34.6 Å². The fourth-order valence-corrected chi connectivity index (χ4v) is 6.25. The molecule has 0 fully saturated rings. The lowest BCUT2D eigenvalue weighted by Crippen LogP contribution is -2.03. The van der Waals surface area contributed by atoms with Gasteiger partial charge >= 0.3 is 0 Å². The number of fused-ring (bicyclic) bond motifs is 1. The molecule has 27 heteroatoms. The molecule has 0 aliphatic heterocycles. The predicted molar refractivity (Wildman–Crippen MR) is 263 cm³/mol. The maximum atomic E-state index is 10.9. The van der Waals surface area contributed by atoms with Gasteiger partial charge in [0.05, 0.1) is 84.0 Å². The summed E-state index contributed by atoms with van der Waals surface area (Å²) in [4.78, 5) is 92.8. The van der Waals surface area contributed by atoms with Crippen molar-refractivity contribution in [2.75, 3.05) is 7.11 Å². The van der Waals surface area contributed by atoms with Crippen molar-refractivity contribution in [3.05, 3.63) is 175 Å². The van der Waals surface area contributed by atoms with Crippen LogP contribution in [0.1, 0.15) is 80.8 Å². The molecule has 0 bridgehead atoms. The van der Waals surface area contributed by atoms with Gasteiger partial charge in [-0.05, 0) is 58.9 Å². The smallest absolute Gasteiger partial charge is 0.258 e. The highest BCUT2D eigenvalue weighted by Gasteiger charge is 2.13. The number of hydrogen-bond acceptors (Lipinski definition) is 22. The number of methoxy groups -OCH3 is 1. The molecule has 75 heavy (non-hydrogen) atoms. The minimum absolute atomic E-state index is 0.214. The molecule has 0 spiro atoms. The van der Waals surface area contributed by atoms with E-state index in [1.165, 1.54) is 31.9 Å². The Labute approximate surface area is 424 Å². The van der Waals surface area contributed by atoms with Gasteiger partial charge in [0, 0.05) is 36.5 Å². The van der Waals surface area contributed by atoms with Crippen LogP contribution >= 0.6 is 0 Å². The van der Waals surface area contributed by atoms with Crippen LogP contribution in [-0.2, 0) is 0 Å². The van der Waals surface area contributed by atoms with E-state index in [1.54, 1.807) is 86.7 Å². The lowest BCUT2D eigenvalue weighted by molar-refractivity contribution is 0.111. The second-order valence-electron chi connectivity index (χ2n) is 15.4. The lowest BCUT2D eigenvalue weighted by atomic mass is 10.1. The minimum atomic E-state index is 0.214. The summed E-state index contributed by atoms with van der Waals surface area (Å²) < 4.78 is 18.9. The van der Waals surface area contributed by atoms with Gasteiger partial charge in [0.1, 0.15) is 48.1 Å². The van der Waals surface area contributed by atoms with E-state index in [9.17, 15) is 24.0 Å². The van der Waals surface area contributed by atoms with Crippen molar-refractivity contribution < 1.29 is 33.2 Å². The number of rotatable bonds is 11. The van der Waals surface area contributed by atoms with Gasteiger partial charge in [-0.3, -0.25) is 42.2 Å². The van der Waals surface area contributed by atoms with E-state index < -0.39 is 0 Å².